The number of aryl methyl sites for hydroxylation is 1. The van der Waals surface area contributed by atoms with Crippen molar-refractivity contribution in [3.63, 3.8) is 0 Å². The zero-order chi connectivity index (χ0) is 19.8. The van der Waals surface area contributed by atoms with Crippen LogP contribution < -0.4 is 11.3 Å². The third-order valence-electron chi connectivity index (χ3n) is 4.31. The molecule has 0 radical (unpaired) electrons. The molecule has 28 heavy (non-hydrogen) atoms. The van der Waals surface area contributed by atoms with E-state index in [9.17, 15) is 10.1 Å². The molecule has 3 heterocycles. The summed E-state index contributed by atoms with van der Waals surface area (Å²) >= 11 is 5.91. The van der Waals surface area contributed by atoms with E-state index < -0.39 is 0 Å². The summed E-state index contributed by atoms with van der Waals surface area (Å²) in [7, 11) is 1.66. The molecule has 2 N–H and O–H groups in total. The third kappa shape index (κ3) is 2.88. The monoisotopic (exact) mass is 391 g/mol. The smallest absolute Gasteiger partial charge is 0.250 e. The van der Waals surface area contributed by atoms with Gasteiger partial charge in [0.05, 0.1) is 28.8 Å². The molecule has 0 unspecified atom stereocenters. The van der Waals surface area contributed by atoms with E-state index in [1.54, 1.807) is 37.5 Å². The number of anilines is 1. The highest BCUT2D eigenvalue weighted by atomic mass is 35.5. The Hall–Kier alpha value is -3.70. The lowest BCUT2D eigenvalue weighted by molar-refractivity contribution is 0.861. The second-order valence-corrected chi connectivity index (χ2v) is 6.42. The molecule has 9 heteroatoms. The number of halogens is 1. The molecule has 0 aliphatic rings. The van der Waals surface area contributed by atoms with Crippen LogP contribution in [0.1, 0.15) is 11.4 Å². The van der Waals surface area contributed by atoms with Gasteiger partial charge in [-0.25, -0.2) is 9.97 Å². The van der Waals surface area contributed by atoms with Gasteiger partial charge in [-0.05, 0) is 18.2 Å². The van der Waals surface area contributed by atoms with Crippen molar-refractivity contribution in [3.8, 4) is 28.5 Å². The highest BCUT2D eigenvalue weighted by Gasteiger charge is 2.20. The standard InChI is InChI=1S/C19H14ClN7O/c1-26-10-13(5-6-15(26)28)16-17(12-4-2-3-11(7-12)9-21)24-19(22)27-18(16)23-14(8-20)25-27/h2-7,10H,8H2,1H3,(H2,22,24). The molecule has 0 saturated heterocycles. The molecule has 1 aromatic carbocycles. The van der Waals surface area contributed by atoms with E-state index in [-0.39, 0.29) is 17.4 Å². The summed E-state index contributed by atoms with van der Waals surface area (Å²) in [5.41, 5.74) is 9.54. The van der Waals surface area contributed by atoms with Crippen molar-refractivity contribution in [3.05, 3.63) is 64.3 Å². The Morgan fingerprint density at radius 2 is 2.04 bits per heavy atom. The third-order valence-corrected chi connectivity index (χ3v) is 4.55. The number of nitrogens with zero attached hydrogens (tertiary/aromatic N) is 6. The lowest BCUT2D eigenvalue weighted by Gasteiger charge is -2.13. The molecule has 0 aliphatic heterocycles. The van der Waals surface area contributed by atoms with Crippen molar-refractivity contribution in [1.82, 2.24) is 24.1 Å². The van der Waals surface area contributed by atoms with Crippen LogP contribution >= 0.6 is 11.6 Å². The highest BCUT2D eigenvalue weighted by molar-refractivity contribution is 6.16. The number of benzene rings is 1. The summed E-state index contributed by atoms with van der Waals surface area (Å²) in [6.45, 7) is 0. The van der Waals surface area contributed by atoms with Crippen LogP contribution in [0, 0.1) is 11.3 Å². The number of aromatic nitrogens is 5. The number of nitriles is 1. The fourth-order valence-electron chi connectivity index (χ4n) is 3.01. The molecule has 0 aliphatic carbocycles. The second-order valence-electron chi connectivity index (χ2n) is 6.15. The molecule has 4 aromatic rings. The van der Waals surface area contributed by atoms with E-state index in [1.807, 2.05) is 6.07 Å². The van der Waals surface area contributed by atoms with Gasteiger partial charge in [0, 0.05) is 30.4 Å². The zero-order valence-corrected chi connectivity index (χ0v) is 15.6. The summed E-state index contributed by atoms with van der Waals surface area (Å²) in [6, 6.07) is 12.3. The fraction of sp³-hybridized carbons (Fsp3) is 0.105. The molecule has 3 aromatic heterocycles. The quantitative estimate of drug-likeness (QED) is 0.536. The minimum absolute atomic E-state index is 0.118. The van der Waals surface area contributed by atoms with Crippen LogP contribution in [-0.4, -0.2) is 24.1 Å². The van der Waals surface area contributed by atoms with E-state index in [0.29, 0.717) is 39.4 Å². The Labute approximate surface area is 164 Å². The summed E-state index contributed by atoms with van der Waals surface area (Å²) < 4.78 is 2.90. The maximum Gasteiger partial charge on any atom is 0.250 e. The SMILES string of the molecule is Cn1cc(-c2c(-c3cccc(C#N)c3)nc(N)n3nc(CCl)nc23)ccc1=O. The maximum atomic E-state index is 11.8. The van der Waals surface area contributed by atoms with Crippen LogP contribution in [0.4, 0.5) is 5.95 Å². The number of pyridine rings is 1. The molecule has 0 atom stereocenters. The number of fused-ring (bicyclic) bond motifs is 1. The van der Waals surface area contributed by atoms with Crippen molar-refractivity contribution < 1.29 is 0 Å². The van der Waals surface area contributed by atoms with Gasteiger partial charge in [-0.1, -0.05) is 12.1 Å². The minimum Gasteiger partial charge on any atom is -0.368 e. The summed E-state index contributed by atoms with van der Waals surface area (Å²) in [6.07, 6.45) is 1.70. The van der Waals surface area contributed by atoms with Crippen molar-refractivity contribution in [2.75, 3.05) is 5.73 Å². The molecule has 138 valence electrons. The van der Waals surface area contributed by atoms with E-state index >= 15 is 0 Å². The maximum absolute atomic E-state index is 11.8. The van der Waals surface area contributed by atoms with Gasteiger partial charge in [-0.15, -0.1) is 16.7 Å². The molecule has 4 rings (SSSR count). The lowest BCUT2D eigenvalue weighted by atomic mass is 10.00. The van der Waals surface area contributed by atoms with Crippen molar-refractivity contribution >= 4 is 23.2 Å². The number of hydrogen-bond acceptors (Lipinski definition) is 6. The first-order valence-corrected chi connectivity index (χ1v) is 8.84. The largest absolute Gasteiger partial charge is 0.368 e. The summed E-state index contributed by atoms with van der Waals surface area (Å²) in [5, 5.41) is 13.5. The predicted molar refractivity (Wildman–Crippen MR) is 106 cm³/mol. The molecule has 0 fully saturated rings. The van der Waals surface area contributed by atoms with E-state index in [2.05, 4.69) is 21.1 Å². The van der Waals surface area contributed by atoms with Gasteiger partial charge < -0.3 is 10.3 Å². The van der Waals surface area contributed by atoms with Gasteiger partial charge >= 0.3 is 0 Å². The molecule has 8 nitrogen and oxygen atoms in total. The van der Waals surface area contributed by atoms with E-state index in [1.165, 1.54) is 15.1 Å². The average molecular weight is 392 g/mol. The van der Waals surface area contributed by atoms with Crippen LogP contribution in [-0.2, 0) is 12.9 Å². The fourth-order valence-corrected chi connectivity index (χ4v) is 3.12. The van der Waals surface area contributed by atoms with Crippen LogP contribution in [0.2, 0.25) is 0 Å². The molecular weight excluding hydrogens is 378 g/mol. The number of nitrogens with two attached hydrogens (primary N) is 1. The first kappa shape index (κ1) is 17.7. The number of rotatable bonds is 3. The Morgan fingerprint density at radius 1 is 1.21 bits per heavy atom. The average Bonchev–Trinajstić information content (AvgIpc) is 3.15. The molecule has 0 amide bonds. The van der Waals surface area contributed by atoms with E-state index in [0.717, 1.165) is 0 Å². The van der Waals surface area contributed by atoms with Crippen molar-refractivity contribution in [1.29, 1.82) is 5.26 Å². The molecular formula is C19H14ClN7O. The van der Waals surface area contributed by atoms with Gasteiger partial charge in [0.1, 0.15) is 0 Å². The lowest BCUT2D eigenvalue weighted by Crippen LogP contribution is -2.14. The zero-order valence-electron chi connectivity index (χ0n) is 14.8. The van der Waals surface area contributed by atoms with Crippen LogP contribution in [0.25, 0.3) is 28.0 Å². The Morgan fingerprint density at radius 3 is 2.75 bits per heavy atom. The van der Waals surface area contributed by atoms with Gasteiger partial charge in [0.25, 0.3) is 0 Å². The number of hydrogen-bond donors (Lipinski definition) is 1. The Bertz CT molecular complexity index is 1320. The minimum atomic E-state index is -0.140. The molecule has 0 spiro atoms. The van der Waals surface area contributed by atoms with Crippen molar-refractivity contribution in [2.24, 2.45) is 7.05 Å². The second kappa shape index (κ2) is 6.79. The normalized spacial score (nSPS) is 10.9. The molecule has 0 bridgehead atoms. The van der Waals surface area contributed by atoms with Gasteiger partial charge in [0.15, 0.2) is 11.5 Å². The number of alkyl halides is 1. The highest BCUT2D eigenvalue weighted by Crippen LogP contribution is 2.34. The topological polar surface area (TPSA) is 115 Å². The van der Waals surface area contributed by atoms with E-state index in [4.69, 9.17) is 17.3 Å². The van der Waals surface area contributed by atoms with Crippen LogP contribution in [0.3, 0.4) is 0 Å². The van der Waals surface area contributed by atoms with Crippen molar-refractivity contribution in [2.45, 2.75) is 5.88 Å². The molecule has 0 saturated carbocycles. The van der Waals surface area contributed by atoms with Gasteiger partial charge in [-0.3, -0.25) is 4.79 Å². The summed E-state index contributed by atoms with van der Waals surface area (Å²) in [4.78, 5) is 20.9. The Balaban J connectivity index is 2.12. The van der Waals surface area contributed by atoms with Gasteiger partial charge in [0.2, 0.25) is 11.5 Å². The predicted octanol–water partition coefficient (Wildman–Crippen LogP) is 2.35. The first-order valence-electron chi connectivity index (χ1n) is 8.30. The number of nitrogen functional groups attached to an aromatic ring is 1. The van der Waals surface area contributed by atoms with Crippen LogP contribution in [0.15, 0.2) is 47.4 Å². The summed E-state index contributed by atoms with van der Waals surface area (Å²) in [5.74, 6) is 0.668. The Kier molecular flexibility index (Phi) is 4.29. The van der Waals surface area contributed by atoms with Crippen LogP contribution in [0.5, 0.6) is 0 Å². The first-order chi connectivity index (χ1) is 13.5. The van der Waals surface area contributed by atoms with Gasteiger partial charge in [-0.2, -0.15) is 9.78 Å².